The van der Waals surface area contributed by atoms with Gasteiger partial charge in [0.05, 0.1) is 12.7 Å². The second-order valence-electron chi connectivity index (χ2n) is 5.28. The minimum absolute atomic E-state index is 0.0231. The van der Waals surface area contributed by atoms with E-state index in [1.807, 2.05) is 11.8 Å². The maximum atomic E-state index is 12.5. The third-order valence-corrected chi connectivity index (χ3v) is 4.79. The van der Waals surface area contributed by atoms with Crippen molar-refractivity contribution >= 4 is 17.3 Å². The summed E-state index contributed by atoms with van der Waals surface area (Å²) in [4.78, 5) is 15.7. The number of hydrogen-bond donors (Lipinski definition) is 2. The highest BCUT2D eigenvalue weighted by molar-refractivity contribution is 7.11. The van der Waals surface area contributed by atoms with Crippen molar-refractivity contribution in [3.8, 4) is 0 Å². The minimum atomic E-state index is -4.34. The van der Waals surface area contributed by atoms with Gasteiger partial charge in [0.25, 0.3) is 0 Å². The molecule has 0 bridgehead atoms. The van der Waals surface area contributed by atoms with Crippen LogP contribution in [0.25, 0.3) is 0 Å². The number of alkyl halides is 3. The van der Waals surface area contributed by atoms with Gasteiger partial charge in [-0.25, -0.2) is 4.98 Å². The van der Waals surface area contributed by atoms with E-state index in [1.54, 1.807) is 0 Å². The van der Waals surface area contributed by atoms with Crippen LogP contribution in [0.15, 0.2) is 6.20 Å². The Hall–Kier alpha value is -1.19. The molecule has 124 valence electrons. The summed E-state index contributed by atoms with van der Waals surface area (Å²) >= 11 is 0.650. The van der Waals surface area contributed by atoms with E-state index in [0.29, 0.717) is 29.4 Å². The topological polar surface area (TPSA) is 65.5 Å². The lowest BCUT2D eigenvalue weighted by Crippen LogP contribution is -2.53. The molecule has 1 saturated carbocycles. The van der Waals surface area contributed by atoms with Gasteiger partial charge in [0.15, 0.2) is 0 Å². The van der Waals surface area contributed by atoms with Crippen LogP contribution in [0.4, 0.5) is 13.2 Å². The molecule has 2 rings (SSSR count). The Labute approximate surface area is 130 Å². The Morgan fingerprint density at radius 2 is 2.23 bits per heavy atom. The molecule has 1 heterocycles. The number of carboxylic acids is 1. The third kappa shape index (κ3) is 4.40. The van der Waals surface area contributed by atoms with Gasteiger partial charge >= 0.3 is 12.1 Å². The first-order chi connectivity index (χ1) is 10.3. The van der Waals surface area contributed by atoms with E-state index in [1.165, 1.54) is 0 Å². The lowest BCUT2D eigenvalue weighted by Gasteiger charge is -2.42. The number of halogens is 3. The van der Waals surface area contributed by atoms with E-state index in [9.17, 15) is 18.0 Å². The number of nitrogens with zero attached hydrogens (tertiary/aromatic N) is 2. The summed E-state index contributed by atoms with van der Waals surface area (Å²) < 4.78 is 37.4. The quantitative estimate of drug-likeness (QED) is 0.798. The van der Waals surface area contributed by atoms with Crippen LogP contribution in [0, 0.1) is 0 Å². The maximum absolute atomic E-state index is 12.5. The molecule has 0 spiro atoms. The molecule has 1 fully saturated rings. The van der Waals surface area contributed by atoms with Gasteiger partial charge in [-0.2, -0.15) is 13.2 Å². The molecule has 1 aromatic heterocycles. The highest BCUT2D eigenvalue weighted by atomic mass is 32.1. The van der Waals surface area contributed by atoms with Crippen molar-refractivity contribution in [1.29, 1.82) is 0 Å². The molecule has 0 amide bonds. The molecule has 2 N–H and O–H groups in total. The van der Waals surface area contributed by atoms with Crippen LogP contribution in [0.2, 0.25) is 0 Å². The first-order valence-corrected chi connectivity index (χ1v) is 7.82. The molecular formula is C13H18F3N3O2S. The molecular weight excluding hydrogens is 319 g/mol. The summed E-state index contributed by atoms with van der Waals surface area (Å²) in [6.07, 6.45) is -1.87. The zero-order chi connectivity index (χ0) is 16.3. The maximum Gasteiger partial charge on any atom is 0.427 e. The molecule has 0 aromatic carbocycles. The summed E-state index contributed by atoms with van der Waals surface area (Å²) in [5, 5.41) is 12.4. The fourth-order valence-corrected chi connectivity index (χ4v) is 3.22. The highest BCUT2D eigenvalue weighted by Crippen LogP contribution is 2.33. The third-order valence-electron chi connectivity index (χ3n) is 3.75. The van der Waals surface area contributed by atoms with Gasteiger partial charge in [-0.05, 0) is 19.4 Å². The largest absolute Gasteiger partial charge is 0.480 e. The Bertz CT molecular complexity index is 515. The summed E-state index contributed by atoms with van der Waals surface area (Å²) in [7, 11) is 0. The predicted molar refractivity (Wildman–Crippen MR) is 75.6 cm³/mol. The van der Waals surface area contributed by atoms with E-state index in [0.717, 1.165) is 19.0 Å². The zero-order valence-corrected chi connectivity index (χ0v) is 12.9. The van der Waals surface area contributed by atoms with Gasteiger partial charge in [0, 0.05) is 18.6 Å². The molecule has 9 heteroatoms. The molecule has 22 heavy (non-hydrogen) atoms. The molecule has 5 nitrogen and oxygen atoms in total. The van der Waals surface area contributed by atoms with Gasteiger partial charge < -0.3 is 10.4 Å². The molecule has 1 aliphatic rings. The minimum Gasteiger partial charge on any atom is -0.480 e. The van der Waals surface area contributed by atoms with E-state index >= 15 is 0 Å². The summed E-state index contributed by atoms with van der Waals surface area (Å²) in [6, 6.07) is 0.423. The molecule has 0 atom stereocenters. The number of thiazole rings is 1. The van der Waals surface area contributed by atoms with Crippen LogP contribution in [0.1, 0.15) is 29.7 Å². The van der Waals surface area contributed by atoms with Crippen molar-refractivity contribution in [2.75, 3.05) is 13.1 Å². The average molecular weight is 337 g/mol. The van der Waals surface area contributed by atoms with Gasteiger partial charge in [-0.1, -0.05) is 6.92 Å². The first-order valence-electron chi connectivity index (χ1n) is 7.00. The molecule has 0 unspecified atom stereocenters. The Kier molecular flexibility index (Phi) is 5.41. The van der Waals surface area contributed by atoms with Crippen LogP contribution < -0.4 is 5.32 Å². The number of rotatable bonds is 7. The zero-order valence-electron chi connectivity index (χ0n) is 12.1. The fourth-order valence-electron chi connectivity index (χ4n) is 2.48. The monoisotopic (exact) mass is 337 g/mol. The Morgan fingerprint density at radius 1 is 1.55 bits per heavy atom. The van der Waals surface area contributed by atoms with Crippen molar-refractivity contribution in [1.82, 2.24) is 15.2 Å². The highest BCUT2D eigenvalue weighted by Gasteiger charge is 2.35. The summed E-state index contributed by atoms with van der Waals surface area (Å²) in [6.45, 7) is 2.92. The van der Waals surface area contributed by atoms with Crippen LogP contribution in [0.3, 0.4) is 0 Å². The van der Waals surface area contributed by atoms with E-state index < -0.39 is 17.0 Å². The number of hydrogen-bond acceptors (Lipinski definition) is 5. The normalized spacial score (nSPS) is 21.9. The second-order valence-corrected chi connectivity index (χ2v) is 6.39. The smallest absolute Gasteiger partial charge is 0.427 e. The number of aromatic nitrogens is 1. The first kappa shape index (κ1) is 17.2. The second kappa shape index (κ2) is 6.93. The van der Waals surface area contributed by atoms with Crippen molar-refractivity contribution in [3.63, 3.8) is 0 Å². The van der Waals surface area contributed by atoms with Crippen molar-refractivity contribution in [3.05, 3.63) is 16.1 Å². The van der Waals surface area contributed by atoms with Crippen molar-refractivity contribution in [2.45, 2.75) is 44.6 Å². The van der Waals surface area contributed by atoms with Crippen LogP contribution >= 0.6 is 11.3 Å². The fraction of sp³-hybridized carbons (Fsp3) is 0.692. The number of carboxylic acid groups (broad SMARTS) is 1. The van der Waals surface area contributed by atoms with Crippen LogP contribution in [0.5, 0.6) is 0 Å². The molecule has 0 aliphatic heterocycles. The van der Waals surface area contributed by atoms with Gasteiger partial charge in [-0.15, -0.1) is 11.3 Å². The molecule has 0 radical (unpaired) electrons. The molecule has 1 aliphatic carbocycles. The number of aliphatic carboxylic acids is 1. The van der Waals surface area contributed by atoms with Gasteiger partial charge in [0.1, 0.15) is 9.88 Å². The number of carbonyl (C=O) groups is 1. The number of likely N-dealkylation sites (N-methyl/N-ethyl adjacent to an activating group) is 1. The lowest BCUT2D eigenvalue weighted by molar-refractivity contribution is -0.139. The molecule has 0 saturated heterocycles. The predicted octanol–water partition coefficient (Wildman–Crippen LogP) is 2.19. The van der Waals surface area contributed by atoms with Crippen LogP contribution in [-0.2, 0) is 17.5 Å². The Morgan fingerprint density at radius 3 is 2.73 bits per heavy atom. The Balaban J connectivity index is 1.74. The van der Waals surface area contributed by atoms with Crippen molar-refractivity contribution in [2.24, 2.45) is 0 Å². The van der Waals surface area contributed by atoms with Gasteiger partial charge in [-0.3, -0.25) is 9.69 Å². The van der Waals surface area contributed by atoms with Crippen LogP contribution in [-0.4, -0.2) is 46.1 Å². The molecule has 1 aromatic rings. The average Bonchev–Trinajstić information content (AvgIpc) is 2.83. The summed E-state index contributed by atoms with van der Waals surface area (Å²) in [5.41, 5.74) is 0. The number of nitrogens with one attached hydrogen (secondary N) is 1. The summed E-state index contributed by atoms with van der Waals surface area (Å²) in [5.74, 6) is -0.847. The van der Waals surface area contributed by atoms with E-state index in [4.69, 9.17) is 5.11 Å². The van der Waals surface area contributed by atoms with E-state index in [2.05, 4.69) is 10.3 Å². The van der Waals surface area contributed by atoms with Gasteiger partial charge in [0.2, 0.25) is 0 Å². The van der Waals surface area contributed by atoms with Crippen molar-refractivity contribution < 1.29 is 23.1 Å². The standard InChI is InChI=1S/C13H18F3N3O2S/c1-2-19(7-12(20)21)9-3-8(4-9)17-6-11-18-5-10(22-11)13(14,15)16/h5,8-9,17H,2-4,6-7H2,1H3,(H,20,21). The lowest BCUT2D eigenvalue weighted by atomic mass is 9.85. The SMILES string of the molecule is CCN(CC(=O)O)C1CC(NCc2ncc(C(F)(F)F)s2)C1. The van der Waals surface area contributed by atoms with E-state index in [-0.39, 0.29) is 18.6 Å².